The van der Waals surface area contributed by atoms with Crippen molar-refractivity contribution in [2.45, 2.75) is 24.9 Å². The predicted octanol–water partition coefficient (Wildman–Crippen LogP) is 3.36. The fraction of sp³-hybridized carbons (Fsp3) is 0.308. The number of rotatable bonds is 5. The average molecular weight is 330 g/mol. The number of halogens is 2. The van der Waals surface area contributed by atoms with Crippen molar-refractivity contribution >= 4 is 29.3 Å². The van der Waals surface area contributed by atoms with Gasteiger partial charge in [-0.25, -0.2) is 4.39 Å². The summed E-state index contributed by atoms with van der Waals surface area (Å²) >= 11 is 6.80. The molecule has 0 aliphatic rings. The van der Waals surface area contributed by atoms with E-state index in [-0.39, 0.29) is 22.4 Å². The molecule has 0 bridgehead atoms. The maximum atomic E-state index is 14.3. The summed E-state index contributed by atoms with van der Waals surface area (Å²) in [5, 5.41) is 17.1. The van der Waals surface area contributed by atoms with Gasteiger partial charge in [-0.2, -0.15) is 0 Å². The van der Waals surface area contributed by atoms with Crippen molar-refractivity contribution in [2.24, 2.45) is 0 Å². The Hall–Kier alpha value is -1.60. The van der Waals surface area contributed by atoms with Crippen LogP contribution >= 0.6 is 23.4 Å². The molecule has 1 heterocycles. The maximum Gasteiger partial charge on any atom is 0.313 e. The Kier molecular flexibility index (Phi) is 4.84. The van der Waals surface area contributed by atoms with Crippen LogP contribution in [-0.2, 0) is 4.79 Å². The van der Waals surface area contributed by atoms with Gasteiger partial charge >= 0.3 is 5.97 Å². The predicted molar refractivity (Wildman–Crippen MR) is 78.8 cm³/mol. The highest BCUT2D eigenvalue weighted by Gasteiger charge is 2.20. The van der Waals surface area contributed by atoms with Gasteiger partial charge in [0.1, 0.15) is 5.82 Å². The number of aliphatic carboxylic acids is 1. The minimum Gasteiger partial charge on any atom is -0.481 e. The molecule has 21 heavy (non-hydrogen) atoms. The Morgan fingerprint density at radius 1 is 1.48 bits per heavy atom. The monoisotopic (exact) mass is 329 g/mol. The lowest BCUT2D eigenvalue weighted by Crippen LogP contribution is -2.08. The van der Waals surface area contributed by atoms with Crippen LogP contribution in [0.3, 0.4) is 0 Å². The second-order valence-corrected chi connectivity index (χ2v) is 5.94. The first-order valence-corrected chi connectivity index (χ1v) is 7.52. The second kappa shape index (κ2) is 6.44. The molecule has 0 saturated heterocycles. The summed E-state index contributed by atoms with van der Waals surface area (Å²) in [6.07, 6.45) is 0. The third-order valence-electron chi connectivity index (χ3n) is 2.67. The minimum absolute atomic E-state index is 0.00457. The standard InChI is InChI=1S/C13H13ClFN3O2S/c1-7(2)12-16-17-13(21-6-10(19)20)18(12)9-5-3-4-8(14)11(9)15/h3-5,7H,6H2,1-2H3,(H,19,20). The van der Waals surface area contributed by atoms with E-state index in [1.165, 1.54) is 10.6 Å². The fourth-order valence-corrected chi connectivity index (χ4v) is 2.61. The average Bonchev–Trinajstić information content (AvgIpc) is 2.83. The van der Waals surface area contributed by atoms with Crippen LogP contribution in [-0.4, -0.2) is 31.6 Å². The summed E-state index contributed by atoms with van der Waals surface area (Å²) in [4.78, 5) is 10.7. The van der Waals surface area contributed by atoms with Crippen LogP contribution in [0.15, 0.2) is 23.4 Å². The van der Waals surface area contributed by atoms with E-state index in [1.807, 2.05) is 13.8 Å². The van der Waals surface area contributed by atoms with E-state index in [0.717, 1.165) is 11.8 Å². The molecule has 2 rings (SSSR count). The van der Waals surface area contributed by atoms with Gasteiger partial charge in [0, 0.05) is 5.92 Å². The maximum absolute atomic E-state index is 14.3. The van der Waals surface area contributed by atoms with Crippen LogP contribution in [0.25, 0.3) is 5.69 Å². The van der Waals surface area contributed by atoms with Crippen LogP contribution in [0.4, 0.5) is 4.39 Å². The number of thioether (sulfide) groups is 1. The highest BCUT2D eigenvalue weighted by molar-refractivity contribution is 7.99. The topological polar surface area (TPSA) is 68.0 Å². The second-order valence-electron chi connectivity index (χ2n) is 4.59. The molecule has 112 valence electrons. The molecule has 0 unspecified atom stereocenters. The first-order valence-electron chi connectivity index (χ1n) is 6.16. The smallest absolute Gasteiger partial charge is 0.313 e. The summed E-state index contributed by atoms with van der Waals surface area (Å²) < 4.78 is 15.8. The third kappa shape index (κ3) is 3.36. The Morgan fingerprint density at radius 2 is 2.19 bits per heavy atom. The van der Waals surface area contributed by atoms with E-state index >= 15 is 0 Å². The lowest BCUT2D eigenvalue weighted by Gasteiger charge is -2.13. The van der Waals surface area contributed by atoms with E-state index in [0.29, 0.717) is 11.0 Å². The van der Waals surface area contributed by atoms with Gasteiger partial charge in [0.25, 0.3) is 0 Å². The summed E-state index contributed by atoms with van der Waals surface area (Å²) in [7, 11) is 0. The molecule has 0 aliphatic carbocycles. The third-order valence-corrected chi connectivity index (χ3v) is 3.88. The molecule has 5 nitrogen and oxygen atoms in total. The molecule has 0 amide bonds. The lowest BCUT2D eigenvalue weighted by molar-refractivity contribution is -0.133. The van der Waals surface area contributed by atoms with Crippen LogP contribution in [0.1, 0.15) is 25.6 Å². The Balaban J connectivity index is 2.55. The molecule has 0 aliphatic heterocycles. The number of carboxylic acid groups (broad SMARTS) is 1. The van der Waals surface area contributed by atoms with Crippen LogP contribution < -0.4 is 0 Å². The Bertz CT molecular complexity index is 675. The van der Waals surface area contributed by atoms with Crippen molar-refractivity contribution in [3.63, 3.8) is 0 Å². The summed E-state index contributed by atoms with van der Waals surface area (Å²) in [6.45, 7) is 3.79. The summed E-state index contributed by atoms with van der Waals surface area (Å²) in [6, 6.07) is 4.63. The molecule has 2 aromatic rings. The van der Waals surface area contributed by atoms with Gasteiger partial charge in [-0.3, -0.25) is 9.36 Å². The van der Waals surface area contributed by atoms with Crippen LogP contribution in [0.2, 0.25) is 5.02 Å². The normalized spacial score (nSPS) is 11.1. The highest BCUT2D eigenvalue weighted by atomic mass is 35.5. The van der Waals surface area contributed by atoms with Gasteiger partial charge < -0.3 is 5.11 Å². The molecule has 0 spiro atoms. The Labute approximate surface area is 130 Å². The van der Waals surface area contributed by atoms with E-state index in [2.05, 4.69) is 10.2 Å². The molecule has 1 N–H and O–H groups in total. The number of benzene rings is 1. The zero-order valence-electron chi connectivity index (χ0n) is 11.4. The molecule has 1 aromatic carbocycles. The first-order chi connectivity index (χ1) is 9.91. The van der Waals surface area contributed by atoms with Gasteiger partial charge in [-0.15, -0.1) is 10.2 Å². The van der Waals surface area contributed by atoms with Crippen molar-refractivity contribution in [3.8, 4) is 5.69 Å². The zero-order valence-corrected chi connectivity index (χ0v) is 13.0. The van der Waals surface area contributed by atoms with E-state index in [4.69, 9.17) is 16.7 Å². The molecular weight excluding hydrogens is 317 g/mol. The molecule has 1 aromatic heterocycles. The lowest BCUT2D eigenvalue weighted by atomic mass is 10.2. The van der Waals surface area contributed by atoms with Crippen molar-refractivity contribution < 1.29 is 14.3 Å². The zero-order chi connectivity index (χ0) is 15.6. The van der Waals surface area contributed by atoms with Crippen LogP contribution in [0.5, 0.6) is 0 Å². The van der Waals surface area contributed by atoms with Crippen molar-refractivity contribution in [3.05, 3.63) is 34.9 Å². The number of carbonyl (C=O) groups is 1. The summed E-state index contributed by atoms with van der Waals surface area (Å²) in [5.74, 6) is -1.21. The number of carboxylic acids is 1. The van der Waals surface area contributed by atoms with E-state index < -0.39 is 11.8 Å². The largest absolute Gasteiger partial charge is 0.481 e. The van der Waals surface area contributed by atoms with Gasteiger partial charge in [0.2, 0.25) is 0 Å². The van der Waals surface area contributed by atoms with Gasteiger partial charge in [0.15, 0.2) is 11.0 Å². The van der Waals surface area contributed by atoms with Crippen LogP contribution in [0, 0.1) is 5.82 Å². The number of aromatic nitrogens is 3. The fourth-order valence-electron chi connectivity index (χ4n) is 1.77. The molecule has 0 saturated carbocycles. The van der Waals surface area contributed by atoms with Gasteiger partial charge in [-0.05, 0) is 12.1 Å². The quantitative estimate of drug-likeness (QED) is 0.852. The van der Waals surface area contributed by atoms with Crippen molar-refractivity contribution in [2.75, 3.05) is 5.75 Å². The molecular formula is C13H13ClFN3O2S. The van der Waals surface area contributed by atoms with Gasteiger partial charge in [0.05, 0.1) is 16.5 Å². The summed E-state index contributed by atoms with van der Waals surface area (Å²) in [5.41, 5.74) is 0.212. The highest BCUT2D eigenvalue weighted by Crippen LogP contribution is 2.29. The van der Waals surface area contributed by atoms with Crippen molar-refractivity contribution in [1.82, 2.24) is 14.8 Å². The van der Waals surface area contributed by atoms with E-state index in [1.54, 1.807) is 12.1 Å². The molecule has 0 radical (unpaired) electrons. The first kappa shape index (κ1) is 15.8. The molecule has 0 fully saturated rings. The molecule has 0 atom stereocenters. The minimum atomic E-state index is -0.979. The van der Waals surface area contributed by atoms with Crippen molar-refractivity contribution in [1.29, 1.82) is 0 Å². The van der Waals surface area contributed by atoms with E-state index in [9.17, 15) is 9.18 Å². The number of hydrogen-bond donors (Lipinski definition) is 1. The SMILES string of the molecule is CC(C)c1nnc(SCC(=O)O)n1-c1cccc(Cl)c1F. The Morgan fingerprint density at radius 3 is 2.81 bits per heavy atom. The van der Waals surface area contributed by atoms with Gasteiger partial charge in [-0.1, -0.05) is 43.3 Å². The molecule has 8 heteroatoms. The number of hydrogen-bond acceptors (Lipinski definition) is 4. The number of nitrogens with zero attached hydrogens (tertiary/aromatic N) is 3.